The number of hydrogen-bond donors (Lipinski definition) is 1. The van der Waals surface area contributed by atoms with E-state index >= 15 is 0 Å². The van der Waals surface area contributed by atoms with E-state index in [9.17, 15) is 13.6 Å². The highest BCUT2D eigenvalue weighted by atomic mass is 19.3. The molecule has 6 nitrogen and oxygen atoms in total. The van der Waals surface area contributed by atoms with Crippen LogP contribution >= 0.6 is 0 Å². The zero-order valence-electron chi connectivity index (χ0n) is 19.3. The minimum absolute atomic E-state index is 0.0319. The summed E-state index contributed by atoms with van der Waals surface area (Å²) in [7, 11) is 1.77. The molecule has 35 heavy (non-hydrogen) atoms. The number of rotatable bonds is 5. The maximum atomic E-state index is 14.3. The third-order valence-electron chi connectivity index (χ3n) is 6.74. The zero-order valence-corrected chi connectivity index (χ0v) is 19.3. The van der Waals surface area contributed by atoms with E-state index in [-0.39, 0.29) is 17.5 Å². The van der Waals surface area contributed by atoms with Crippen molar-refractivity contribution in [3.05, 3.63) is 71.7 Å². The Bertz CT molecular complexity index is 1440. The first-order valence-electron chi connectivity index (χ1n) is 11.9. The van der Waals surface area contributed by atoms with E-state index in [1.807, 2.05) is 35.2 Å². The van der Waals surface area contributed by atoms with Crippen molar-refractivity contribution in [3.8, 4) is 11.1 Å². The Morgan fingerprint density at radius 2 is 2.00 bits per heavy atom. The van der Waals surface area contributed by atoms with Crippen molar-refractivity contribution in [3.63, 3.8) is 0 Å². The van der Waals surface area contributed by atoms with Gasteiger partial charge in [-0.1, -0.05) is 24.3 Å². The number of pyridine rings is 1. The van der Waals surface area contributed by atoms with Crippen LogP contribution in [-0.2, 0) is 13.5 Å². The fourth-order valence-electron chi connectivity index (χ4n) is 4.85. The van der Waals surface area contributed by atoms with Crippen LogP contribution < -0.4 is 10.2 Å². The van der Waals surface area contributed by atoms with Gasteiger partial charge in [-0.25, -0.2) is 13.8 Å². The van der Waals surface area contributed by atoms with Crippen LogP contribution in [0.15, 0.2) is 54.9 Å². The first kappa shape index (κ1) is 21.7. The van der Waals surface area contributed by atoms with Crippen LogP contribution in [0.25, 0.3) is 21.9 Å². The van der Waals surface area contributed by atoms with E-state index in [0.717, 1.165) is 47.7 Å². The number of halogens is 2. The Morgan fingerprint density at radius 3 is 2.74 bits per heavy atom. The van der Waals surface area contributed by atoms with Crippen molar-refractivity contribution in [1.29, 1.82) is 0 Å². The van der Waals surface area contributed by atoms with Crippen molar-refractivity contribution in [2.45, 2.75) is 38.2 Å². The number of carbonyl (C=O) groups excluding carboxylic acids is 1. The SMILES string of the molecule is Cn1cc(-c2cc3c(cc2C(F)F)N(c2nc(C(=O)NC4CC4)cc4ccccc24)CCC3)cn1. The third kappa shape index (κ3) is 4.03. The molecule has 0 radical (unpaired) electrons. The van der Waals surface area contributed by atoms with Gasteiger partial charge in [-0.15, -0.1) is 0 Å². The van der Waals surface area contributed by atoms with Crippen LogP contribution in [0.3, 0.4) is 0 Å². The Hall–Kier alpha value is -3.81. The van der Waals surface area contributed by atoms with Gasteiger partial charge in [0.05, 0.1) is 6.20 Å². The number of fused-ring (bicyclic) bond motifs is 2. The fraction of sp³-hybridized carbons (Fsp3) is 0.296. The number of aromatic nitrogens is 3. The molecule has 2 aliphatic rings. The Labute approximate surface area is 201 Å². The second-order valence-corrected chi connectivity index (χ2v) is 9.33. The standard InChI is InChI=1S/C27H25F2N5O/c1-33-15-18(14-30-33)21-11-17-6-4-10-34(24(17)13-22(21)25(28)29)26-20-7-3-2-5-16(20)12-23(32-26)27(35)31-19-8-9-19/h2-3,5,7,11-15,19,25H,4,6,8-10H2,1H3,(H,31,35). The van der Waals surface area contributed by atoms with Gasteiger partial charge in [0.15, 0.2) is 0 Å². The molecule has 8 heteroatoms. The first-order chi connectivity index (χ1) is 17.0. The summed E-state index contributed by atoms with van der Waals surface area (Å²) < 4.78 is 30.1. The topological polar surface area (TPSA) is 63.1 Å². The van der Waals surface area contributed by atoms with Crippen LogP contribution in [0.1, 0.15) is 47.3 Å². The highest BCUT2D eigenvalue weighted by Crippen LogP contribution is 2.42. The maximum absolute atomic E-state index is 14.3. The molecule has 1 aliphatic carbocycles. The number of amides is 1. The quantitative estimate of drug-likeness (QED) is 0.413. The minimum atomic E-state index is -2.64. The van der Waals surface area contributed by atoms with Crippen LogP contribution in [0, 0.1) is 0 Å². The number of aryl methyl sites for hydroxylation is 2. The molecule has 0 unspecified atom stereocenters. The van der Waals surface area contributed by atoms with Gasteiger partial charge in [0.1, 0.15) is 11.5 Å². The first-order valence-corrected chi connectivity index (χ1v) is 11.9. The van der Waals surface area contributed by atoms with Gasteiger partial charge in [-0.3, -0.25) is 9.48 Å². The summed E-state index contributed by atoms with van der Waals surface area (Å²) in [6, 6.07) is 13.3. The molecule has 1 N–H and O–H groups in total. The lowest BCUT2D eigenvalue weighted by Crippen LogP contribution is -2.29. The van der Waals surface area contributed by atoms with Crippen molar-refractivity contribution < 1.29 is 13.6 Å². The predicted octanol–water partition coefficient (Wildman–Crippen LogP) is 5.55. The molecule has 3 heterocycles. The number of alkyl halides is 2. The molecule has 1 aliphatic heterocycles. The largest absolute Gasteiger partial charge is 0.348 e. The van der Waals surface area contributed by atoms with Gasteiger partial charge in [-0.2, -0.15) is 5.10 Å². The molecular weight excluding hydrogens is 448 g/mol. The van der Waals surface area contributed by atoms with E-state index in [1.165, 1.54) is 0 Å². The molecule has 2 aromatic heterocycles. The molecule has 1 fully saturated rings. The maximum Gasteiger partial charge on any atom is 0.270 e. The van der Waals surface area contributed by atoms with Crippen LogP contribution in [0.2, 0.25) is 0 Å². The van der Waals surface area contributed by atoms with Crippen molar-refractivity contribution >= 4 is 28.2 Å². The molecule has 1 amide bonds. The summed E-state index contributed by atoms with van der Waals surface area (Å²) in [4.78, 5) is 19.6. The summed E-state index contributed by atoms with van der Waals surface area (Å²) in [5.74, 6) is 0.427. The predicted molar refractivity (Wildman–Crippen MR) is 131 cm³/mol. The lowest BCUT2D eigenvalue weighted by Gasteiger charge is -2.32. The average molecular weight is 474 g/mol. The highest BCUT2D eigenvalue weighted by molar-refractivity contribution is 6.01. The summed E-state index contributed by atoms with van der Waals surface area (Å²) in [5.41, 5.74) is 3.19. The van der Waals surface area contributed by atoms with Crippen molar-refractivity contribution in [1.82, 2.24) is 20.1 Å². The monoisotopic (exact) mass is 473 g/mol. The second kappa shape index (κ2) is 8.45. The molecule has 2 aromatic carbocycles. The number of nitrogens with one attached hydrogen (secondary N) is 1. The van der Waals surface area contributed by atoms with Crippen LogP contribution in [0.5, 0.6) is 0 Å². The van der Waals surface area contributed by atoms with Gasteiger partial charge in [0.25, 0.3) is 12.3 Å². The molecule has 0 saturated heterocycles. The van der Waals surface area contributed by atoms with E-state index in [1.54, 1.807) is 36.3 Å². The minimum Gasteiger partial charge on any atom is -0.348 e. The molecular formula is C27H25F2N5O. The van der Waals surface area contributed by atoms with E-state index < -0.39 is 6.43 Å². The molecule has 178 valence electrons. The molecule has 0 atom stereocenters. The van der Waals surface area contributed by atoms with Gasteiger partial charge >= 0.3 is 0 Å². The molecule has 6 rings (SSSR count). The molecule has 4 aromatic rings. The average Bonchev–Trinajstić information content (AvgIpc) is 3.58. The Kier molecular flexibility index (Phi) is 5.24. The van der Waals surface area contributed by atoms with Gasteiger partial charge in [0.2, 0.25) is 0 Å². The Balaban J connectivity index is 1.50. The zero-order chi connectivity index (χ0) is 24.1. The fourth-order valence-corrected chi connectivity index (χ4v) is 4.85. The van der Waals surface area contributed by atoms with E-state index in [0.29, 0.717) is 29.2 Å². The smallest absolute Gasteiger partial charge is 0.270 e. The van der Waals surface area contributed by atoms with E-state index in [2.05, 4.69) is 10.4 Å². The summed E-state index contributed by atoms with van der Waals surface area (Å²) in [5, 5.41) is 8.96. The van der Waals surface area contributed by atoms with Crippen molar-refractivity contribution in [2.24, 2.45) is 7.05 Å². The van der Waals surface area contributed by atoms with E-state index in [4.69, 9.17) is 4.98 Å². The molecule has 1 saturated carbocycles. The number of hydrogen-bond acceptors (Lipinski definition) is 4. The van der Waals surface area contributed by atoms with Crippen LogP contribution in [0.4, 0.5) is 20.3 Å². The van der Waals surface area contributed by atoms with Gasteiger partial charge in [0, 0.05) is 48.0 Å². The summed E-state index contributed by atoms with van der Waals surface area (Å²) in [6.07, 6.45) is 4.34. The second-order valence-electron chi connectivity index (χ2n) is 9.33. The molecule has 0 bridgehead atoms. The number of benzene rings is 2. The van der Waals surface area contributed by atoms with Gasteiger partial charge in [-0.05, 0) is 60.4 Å². The summed E-state index contributed by atoms with van der Waals surface area (Å²) in [6.45, 7) is 0.632. The summed E-state index contributed by atoms with van der Waals surface area (Å²) >= 11 is 0. The number of carbonyl (C=O) groups is 1. The lowest BCUT2D eigenvalue weighted by molar-refractivity contribution is 0.0946. The highest BCUT2D eigenvalue weighted by Gasteiger charge is 2.28. The van der Waals surface area contributed by atoms with Crippen molar-refractivity contribution in [2.75, 3.05) is 11.4 Å². The molecule has 0 spiro atoms. The number of anilines is 2. The Morgan fingerprint density at radius 1 is 1.17 bits per heavy atom. The van der Waals surface area contributed by atoms with Crippen LogP contribution in [-0.4, -0.2) is 33.3 Å². The lowest BCUT2D eigenvalue weighted by atomic mass is 9.93. The van der Waals surface area contributed by atoms with Gasteiger partial charge < -0.3 is 10.2 Å². The number of nitrogens with zero attached hydrogens (tertiary/aromatic N) is 4. The normalized spacial score (nSPS) is 15.5. The third-order valence-corrected chi connectivity index (χ3v) is 6.74.